The van der Waals surface area contributed by atoms with Gasteiger partial charge in [-0.05, 0) is 62.2 Å². The van der Waals surface area contributed by atoms with Gasteiger partial charge in [-0.25, -0.2) is 0 Å². The van der Waals surface area contributed by atoms with Crippen molar-refractivity contribution >= 4 is 17.5 Å². The van der Waals surface area contributed by atoms with E-state index in [0.29, 0.717) is 17.0 Å². The second-order valence-electron chi connectivity index (χ2n) is 5.46. The zero-order valence-electron chi connectivity index (χ0n) is 13.4. The second-order valence-corrected chi connectivity index (χ2v) is 5.46. The Bertz CT molecular complexity index is 724. The van der Waals surface area contributed by atoms with Gasteiger partial charge in [-0.15, -0.1) is 0 Å². The summed E-state index contributed by atoms with van der Waals surface area (Å²) in [7, 11) is 0. The number of carbonyl (C=O) groups is 2. The summed E-state index contributed by atoms with van der Waals surface area (Å²) in [5.74, 6) is -0.0797. The number of rotatable bonds is 5. The molecule has 23 heavy (non-hydrogen) atoms. The van der Waals surface area contributed by atoms with Crippen molar-refractivity contribution in [2.24, 2.45) is 5.73 Å². The number of hydrogen-bond donors (Lipinski definition) is 2. The largest absolute Gasteiger partial charge is 0.481 e. The molecule has 120 valence electrons. The Morgan fingerprint density at radius 2 is 1.74 bits per heavy atom. The highest BCUT2D eigenvalue weighted by molar-refractivity contribution is 5.96. The van der Waals surface area contributed by atoms with Crippen molar-refractivity contribution in [1.29, 1.82) is 0 Å². The van der Waals surface area contributed by atoms with Gasteiger partial charge in [0.15, 0.2) is 6.10 Å². The minimum atomic E-state index is -0.647. The second kappa shape index (κ2) is 6.96. The molecule has 0 unspecified atom stereocenters. The van der Waals surface area contributed by atoms with Crippen LogP contribution in [0.15, 0.2) is 42.5 Å². The molecule has 0 radical (unpaired) electrons. The maximum Gasteiger partial charge on any atom is 0.265 e. The molecule has 0 bridgehead atoms. The van der Waals surface area contributed by atoms with Crippen LogP contribution >= 0.6 is 0 Å². The predicted octanol–water partition coefficient (Wildman–Crippen LogP) is 2.81. The monoisotopic (exact) mass is 312 g/mol. The number of nitrogens with one attached hydrogen (secondary N) is 1. The van der Waals surface area contributed by atoms with Gasteiger partial charge in [0, 0.05) is 11.3 Å². The van der Waals surface area contributed by atoms with Gasteiger partial charge in [0.1, 0.15) is 5.75 Å². The molecule has 0 aliphatic rings. The standard InChI is InChI=1S/C18H20N2O3/c1-11-4-5-12(2)16(10-11)23-13(3)18(22)20-15-8-6-14(7-9-15)17(19)21/h4-10,13H,1-3H3,(H2,19,21)(H,20,22)/t13-/m1/s1. The van der Waals surface area contributed by atoms with Crippen LogP contribution in [0.25, 0.3) is 0 Å². The van der Waals surface area contributed by atoms with E-state index in [-0.39, 0.29) is 5.91 Å². The number of primary amides is 1. The van der Waals surface area contributed by atoms with Gasteiger partial charge in [-0.2, -0.15) is 0 Å². The van der Waals surface area contributed by atoms with Crippen LogP contribution < -0.4 is 15.8 Å². The lowest BCUT2D eigenvalue weighted by Crippen LogP contribution is -2.30. The van der Waals surface area contributed by atoms with Crippen molar-refractivity contribution in [3.63, 3.8) is 0 Å². The van der Waals surface area contributed by atoms with Gasteiger partial charge in [-0.3, -0.25) is 9.59 Å². The van der Waals surface area contributed by atoms with E-state index in [0.717, 1.165) is 11.1 Å². The maximum absolute atomic E-state index is 12.2. The van der Waals surface area contributed by atoms with Gasteiger partial charge in [0.2, 0.25) is 5.91 Å². The van der Waals surface area contributed by atoms with E-state index in [1.54, 1.807) is 31.2 Å². The summed E-state index contributed by atoms with van der Waals surface area (Å²) < 4.78 is 5.74. The molecule has 0 aliphatic carbocycles. The Hall–Kier alpha value is -2.82. The number of anilines is 1. The summed E-state index contributed by atoms with van der Waals surface area (Å²) in [5.41, 5.74) is 8.19. The van der Waals surface area contributed by atoms with E-state index in [1.165, 1.54) is 0 Å². The van der Waals surface area contributed by atoms with Crippen LogP contribution in [0.2, 0.25) is 0 Å². The highest BCUT2D eigenvalue weighted by Gasteiger charge is 2.16. The van der Waals surface area contributed by atoms with Crippen molar-refractivity contribution < 1.29 is 14.3 Å². The summed E-state index contributed by atoms with van der Waals surface area (Å²) >= 11 is 0. The fourth-order valence-electron chi connectivity index (χ4n) is 2.04. The smallest absolute Gasteiger partial charge is 0.265 e. The molecule has 5 nitrogen and oxygen atoms in total. The Morgan fingerprint density at radius 1 is 1.09 bits per heavy atom. The number of ether oxygens (including phenoxy) is 1. The summed E-state index contributed by atoms with van der Waals surface area (Å²) in [5, 5.41) is 2.75. The first-order valence-electron chi connectivity index (χ1n) is 7.31. The highest BCUT2D eigenvalue weighted by atomic mass is 16.5. The zero-order valence-corrected chi connectivity index (χ0v) is 13.4. The molecule has 1 atom stereocenters. The number of aryl methyl sites for hydroxylation is 2. The van der Waals surface area contributed by atoms with Crippen LogP contribution in [-0.2, 0) is 4.79 Å². The van der Waals surface area contributed by atoms with Crippen molar-refractivity contribution in [3.05, 3.63) is 59.2 Å². The molecule has 0 heterocycles. The SMILES string of the molecule is Cc1ccc(C)c(O[C@H](C)C(=O)Nc2ccc(C(N)=O)cc2)c1. The molecule has 0 aliphatic heterocycles. The average molecular weight is 312 g/mol. The summed E-state index contributed by atoms with van der Waals surface area (Å²) in [6.45, 7) is 5.59. The Balaban J connectivity index is 2.02. The topological polar surface area (TPSA) is 81.4 Å². The van der Waals surface area contributed by atoms with E-state index in [4.69, 9.17) is 10.5 Å². The molecule has 2 rings (SSSR count). The Kier molecular flexibility index (Phi) is 5.01. The first-order chi connectivity index (χ1) is 10.9. The van der Waals surface area contributed by atoms with Crippen molar-refractivity contribution in [3.8, 4) is 5.75 Å². The van der Waals surface area contributed by atoms with Gasteiger partial charge in [0.25, 0.3) is 5.91 Å². The predicted molar refractivity (Wildman–Crippen MR) is 89.6 cm³/mol. The minimum Gasteiger partial charge on any atom is -0.481 e. The number of amides is 2. The van der Waals surface area contributed by atoms with Crippen LogP contribution in [-0.4, -0.2) is 17.9 Å². The lowest BCUT2D eigenvalue weighted by molar-refractivity contribution is -0.122. The van der Waals surface area contributed by atoms with Crippen molar-refractivity contribution in [2.45, 2.75) is 26.9 Å². The van der Waals surface area contributed by atoms with E-state index in [2.05, 4.69) is 5.32 Å². The molecule has 3 N–H and O–H groups in total. The minimum absolute atomic E-state index is 0.266. The number of nitrogens with two attached hydrogens (primary N) is 1. The summed E-state index contributed by atoms with van der Waals surface area (Å²) in [4.78, 5) is 23.2. The highest BCUT2D eigenvalue weighted by Crippen LogP contribution is 2.21. The maximum atomic E-state index is 12.2. The lowest BCUT2D eigenvalue weighted by atomic mass is 10.1. The molecule has 2 aromatic carbocycles. The fourth-order valence-corrected chi connectivity index (χ4v) is 2.04. The molecule has 0 fully saturated rings. The molecule has 0 aromatic heterocycles. The summed E-state index contributed by atoms with van der Waals surface area (Å²) in [6, 6.07) is 12.2. The number of hydrogen-bond acceptors (Lipinski definition) is 3. The van der Waals surface area contributed by atoms with Crippen molar-refractivity contribution in [2.75, 3.05) is 5.32 Å². The molecule has 5 heteroatoms. The van der Waals surface area contributed by atoms with Crippen LogP contribution in [0, 0.1) is 13.8 Å². The van der Waals surface area contributed by atoms with Gasteiger partial charge < -0.3 is 15.8 Å². The van der Waals surface area contributed by atoms with E-state index in [1.807, 2.05) is 32.0 Å². The Morgan fingerprint density at radius 3 is 2.35 bits per heavy atom. The van der Waals surface area contributed by atoms with Crippen LogP contribution in [0.1, 0.15) is 28.4 Å². The van der Waals surface area contributed by atoms with Crippen LogP contribution in [0.3, 0.4) is 0 Å². The summed E-state index contributed by atoms with van der Waals surface area (Å²) in [6.07, 6.45) is -0.647. The lowest BCUT2D eigenvalue weighted by Gasteiger charge is -2.16. The zero-order chi connectivity index (χ0) is 17.0. The fraction of sp³-hybridized carbons (Fsp3) is 0.222. The molecule has 0 saturated carbocycles. The molecular formula is C18H20N2O3. The number of carbonyl (C=O) groups excluding carboxylic acids is 2. The first kappa shape index (κ1) is 16.5. The third kappa shape index (κ3) is 4.32. The van der Waals surface area contributed by atoms with Gasteiger partial charge in [0.05, 0.1) is 0 Å². The third-order valence-corrected chi connectivity index (χ3v) is 3.45. The third-order valence-electron chi connectivity index (χ3n) is 3.45. The van der Waals surface area contributed by atoms with Crippen LogP contribution in [0.5, 0.6) is 5.75 Å². The van der Waals surface area contributed by atoms with Crippen molar-refractivity contribution in [1.82, 2.24) is 0 Å². The average Bonchev–Trinajstić information content (AvgIpc) is 2.51. The first-order valence-corrected chi connectivity index (χ1v) is 7.31. The number of benzene rings is 2. The van der Waals surface area contributed by atoms with E-state index >= 15 is 0 Å². The molecule has 0 spiro atoms. The van der Waals surface area contributed by atoms with E-state index in [9.17, 15) is 9.59 Å². The molecule has 0 saturated heterocycles. The normalized spacial score (nSPS) is 11.6. The van der Waals surface area contributed by atoms with Crippen LogP contribution in [0.4, 0.5) is 5.69 Å². The Labute approximate surface area is 135 Å². The van der Waals surface area contributed by atoms with Gasteiger partial charge in [-0.1, -0.05) is 12.1 Å². The van der Waals surface area contributed by atoms with Gasteiger partial charge >= 0.3 is 0 Å². The molecular weight excluding hydrogens is 292 g/mol. The molecule has 2 amide bonds. The molecule has 2 aromatic rings. The van der Waals surface area contributed by atoms with E-state index < -0.39 is 12.0 Å². The quantitative estimate of drug-likeness (QED) is 0.890.